The molecule has 0 spiro atoms. The van der Waals surface area contributed by atoms with Crippen molar-refractivity contribution < 1.29 is 9.90 Å². The van der Waals surface area contributed by atoms with E-state index >= 15 is 0 Å². The van der Waals surface area contributed by atoms with E-state index in [0.29, 0.717) is 20.9 Å². The van der Waals surface area contributed by atoms with E-state index in [4.69, 9.17) is 16.7 Å². The van der Waals surface area contributed by atoms with Crippen LogP contribution in [0.5, 0.6) is 5.75 Å². The minimum Gasteiger partial charge on any atom is -0.508 e. The number of carbonyl (C=O) groups excluding carboxylic acids is 1. The summed E-state index contributed by atoms with van der Waals surface area (Å²) in [5.74, 6) is -0.173. The number of nitrogens with zero attached hydrogens (tertiary/aromatic N) is 1. The second-order valence-electron chi connectivity index (χ2n) is 3.50. The van der Waals surface area contributed by atoms with Crippen molar-refractivity contribution in [3.05, 3.63) is 51.7 Å². The van der Waals surface area contributed by atoms with Crippen molar-refractivity contribution >= 4 is 39.1 Å². The lowest BCUT2D eigenvalue weighted by Crippen LogP contribution is -2.11. The number of hydrogen-bond acceptors (Lipinski definition) is 3. The first-order chi connectivity index (χ1) is 8.56. The lowest BCUT2D eigenvalue weighted by Gasteiger charge is -2.06. The number of anilines is 1. The molecule has 2 aromatic rings. The summed E-state index contributed by atoms with van der Waals surface area (Å²) in [5.41, 5.74) is 0.975. The minimum absolute atomic E-state index is 0.113. The smallest absolute Gasteiger partial charge is 0.255 e. The van der Waals surface area contributed by atoms with E-state index < -0.39 is 0 Å². The lowest BCUT2D eigenvalue weighted by molar-refractivity contribution is 0.102. The van der Waals surface area contributed by atoms with Gasteiger partial charge in [-0.3, -0.25) is 4.79 Å². The molecule has 18 heavy (non-hydrogen) atoms. The molecule has 1 amide bonds. The monoisotopic (exact) mass is 326 g/mol. The average Bonchev–Trinajstić information content (AvgIpc) is 2.34. The Morgan fingerprint density at radius 1 is 1.33 bits per heavy atom. The van der Waals surface area contributed by atoms with Crippen LogP contribution in [-0.4, -0.2) is 16.0 Å². The number of rotatable bonds is 2. The molecule has 0 radical (unpaired) electrons. The van der Waals surface area contributed by atoms with Crippen LogP contribution in [0.3, 0.4) is 0 Å². The van der Waals surface area contributed by atoms with Crippen molar-refractivity contribution in [2.75, 3.05) is 5.32 Å². The predicted octanol–water partition coefficient (Wildman–Crippen LogP) is 3.46. The molecule has 0 aliphatic heterocycles. The summed E-state index contributed by atoms with van der Waals surface area (Å²) in [4.78, 5) is 15.8. The van der Waals surface area contributed by atoms with E-state index in [1.54, 1.807) is 6.07 Å². The Balaban J connectivity index is 2.16. The molecule has 1 aromatic carbocycles. The van der Waals surface area contributed by atoms with Gasteiger partial charge in [-0.05, 0) is 46.3 Å². The number of halogens is 2. The van der Waals surface area contributed by atoms with Gasteiger partial charge >= 0.3 is 0 Å². The normalized spacial score (nSPS) is 10.1. The largest absolute Gasteiger partial charge is 0.508 e. The quantitative estimate of drug-likeness (QED) is 0.830. The molecule has 6 heteroatoms. The van der Waals surface area contributed by atoms with Crippen LogP contribution in [0.2, 0.25) is 5.15 Å². The molecule has 1 aromatic heterocycles. The van der Waals surface area contributed by atoms with Gasteiger partial charge in [0.2, 0.25) is 0 Å². The molecular weight excluding hydrogens is 320 g/mol. The maximum Gasteiger partial charge on any atom is 0.255 e. The van der Waals surface area contributed by atoms with Gasteiger partial charge in [0.15, 0.2) is 0 Å². The maximum atomic E-state index is 11.9. The number of phenolic OH excluding ortho intramolecular Hbond substituents is 1. The van der Waals surface area contributed by atoms with Gasteiger partial charge < -0.3 is 10.4 Å². The Kier molecular flexibility index (Phi) is 3.84. The topological polar surface area (TPSA) is 62.2 Å². The van der Waals surface area contributed by atoms with Gasteiger partial charge in [0.05, 0.1) is 16.4 Å². The Hall–Kier alpha value is -1.59. The first-order valence-corrected chi connectivity index (χ1v) is 6.15. The third kappa shape index (κ3) is 3.00. The van der Waals surface area contributed by atoms with Gasteiger partial charge in [0, 0.05) is 5.56 Å². The van der Waals surface area contributed by atoms with Gasteiger partial charge in [-0.15, -0.1) is 0 Å². The summed E-state index contributed by atoms with van der Waals surface area (Å²) in [6, 6.07) is 7.62. The number of pyridine rings is 1. The van der Waals surface area contributed by atoms with E-state index in [0.717, 1.165) is 0 Å². The van der Waals surface area contributed by atoms with Gasteiger partial charge in [-0.25, -0.2) is 4.98 Å². The number of aromatic nitrogens is 1. The Morgan fingerprint density at radius 2 is 2.00 bits per heavy atom. The lowest BCUT2D eigenvalue weighted by atomic mass is 10.2. The third-order valence-electron chi connectivity index (χ3n) is 2.18. The van der Waals surface area contributed by atoms with Crippen molar-refractivity contribution in [2.24, 2.45) is 0 Å². The molecule has 0 bridgehead atoms. The van der Waals surface area contributed by atoms with Crippen molar-refractivity contribution in [3.63, 3.8) is 0 Å². The molecule has 1 heterocycles. The fraction of sp³-hybridized carbons (Fsp3) is 0. The first kappa shape index (κ1) is 12.9. The molecule has 92 valence electrons. The van der Waals surface area contributed by atoms with Crippen LogP contribution in [0.15, 0.2) is 41.0 Å². The Labute approximate surface area is 117 Å². The number of nitrogens with one attached hydrogen (secondary N) is 1. The van der Waals surface area contributed by atoms with Gasteiger partial charge in [0.1, 0.15) is 10.9 Å². The molecule has 0 aliphatic rings. The van der Waals surface area contributed by atoms with E-state index in [-0.39, 0.29) is 11.7 Å². The maximum absolute atomic E-state index is 11.9. The fourth-order valence-corrected chi connectivity index (χ4v) is 1.76. The number of aromatic hydroxyl groups is 1. The summed E-state index contributed by atoms with van der Waals surface area (Å²) in [6.45, 7) is 0. The molecule has 0 atom stereocenters. The summed E-state index contributed by atoms with van der Waals surface area (Å²) in [6.07, 6.45) is 1.46. The van der Waals surface area contributed by atoms with Crippen LogP contribution < -0.4 is 5.32 Å². The molecule has 0 unspecified atom stereocenters. The highest BCUT2D eigenvalue weighted by molar-refractivity contribution is 9.10. The minimum atomic E-state index is -0.286. The number of benzene rings is 1. The number of phenols is 1. The number of hydrogen-bond donors (Lipinski definition) is 2. The first-order valence-electron chi connectivity index (χ1n) is 4.97. The Bertz CT molecular complexity index is 587. The third-order valence-corrected chi connectivity index (χ3v) is 3.32. The van der Waals surface area contributed by atoms with E-state index in [9.17, 15) is 4.79 Å². The van der Waals surface area contributed by atoms with Crippen LogP contribution in [0.4, 0.5) is 5.69 Å². The molecule has 0 saturated carbocycles. The summed E-state index contributed by atoms with van der Waals surface area (Å²) in [5, 5.41) is 12.1. The zero-order valence-electron chi connectivity index (χ0n) is 9.02. The summed E-state index contributed by atoms with van der Waals surface area (Å²) >= 11 is 8.98. The van der Waals surface area contributed by atoms with E-state index in [2.05, 4.69) is 26.2 Å². The second-order valence-corrected chi connectivity index (χ2v) is 4.71. The zero-order chi connectivity index (χ0) is 13.1. The van der Waals surface area contributed by atoms with Crippen molar-refractivity contribution in [1.82, 2.24) is 4.98 Å². The highest BCUT2D eigenvalue weighted by atomic mass is 79.9. The summed E-state index contributed by atoms with van der Waals surface area (Å²) in [7, 11) is 0. The van der Waals surface area contributed by atoms with Crippen LogP contribution in [0, 0.1) is 0 Å². The van der Waals surface area contributed by atoms with Crippen molar-refractivity contribution in [2.45, 2.75) is 0 Å². The number of carbonyl (C=O) groups is 1. The van der Waals surface area contributed by atoms with Crippen LogP contribution in [-0.2, 0) is 0 Å². The molecule has 0 aliphatic carbocycles. The summed E-state index contributed by atoms with van der Waals surface area (Å²) < 4.78 is 0.604. The van der Waals surface area contributed by atoms with Gasteiger partial charge in [-0.2, -0.15) is 0 Å². The molecular formula is C12H8BrClN2O2. The highest BCUT2D eigenvalue weighted by Gasteiger charge is 2.07. The fourth-order valence-electron chi connectivity index (χ4n) is 1.31. The highest BCUT2D eigenvalue weighted by Crippen LogP contribution is 2.23. The second kappa shape index (κ2) is 5.37. The van der Waals surface area contributed by atoms with Crippen molar-refractivity contribution in [3.8, 4) is 5.75 Å². The average molecular weight is 328 g/mol. The van der Waals surface area contributed by atoms with Gasteiger partial charge in [-0.1, -0.05) is 11.6 Å². The van der Waals surface area contributed by atoms with Crippen LogP contribution in [0.25, 0.3) is 0 Å². The molecule has 4 nitrogen and oxygen atoms in total. The molecule has 2 N–H and O–H groups in total. The predicted molar refractivity (Wildman–Crippen MR) is 73.0 cm³/mol. The van der Waals surface area contributed by atoms with E-state index in [1.807, 2.05) is 0 Å². The van der Waals surface area contributed by atoms with E-state index in [1.165, 1.54) is 30.5 Å². The van der Waals surface area contributed by atoms with Crippen LogP contribution >= 0.6 is 27.5 Å². The SMILES string of the molecule is O=C(Nc1cnc(Cl)c(Br)c1)c1ccc(O)cc1. The van der Waals surface area contributed by atoms with Gasteiger partial charge in [0.25, 0.3) is 5.91 Å². The molecule has 0 fully saturated rings. The Morgan fingerprint density at radius 3 is 2.61 bits per heavy atom. The molecule has 2 rings (SSSR count). The van der Waals surface area contributed by atoms with Crippen molar-refractivity contribution in [1.29, 1.82) is 0 Å². The number of amides is 1. The van der Waals surface area contributed by atoms with Crippen LogP contribution in [0.1, 0.15) is 10.4 Å². The zero-order valence-corrected chi connectivity index (χ0v) is 11.4. The molecule has 0 saturated heterocycles. The standard InChI is InChI=1S/C12H8BrClN2O2/c13-10-5-8(6-15-11(10)14)16-12(18)7-1-3-9(17)4-2-7/h1-6,17H,(H,16,18).